The Kier molecular flexibility index (Phi) is 7.63. The molecule has 0 amide bonds. The summed E-state index contributed by atoms with van der Waals surface area (Å²) in [4.78, 5) is 2.32. The van der Waals surface area contributed by atoms with Gasteiger partial charge in [0.2, 0.25) is 0 Å². The predicted molar refractivity (Wildman–Crippen MR) is 72.1 cm³/mol. The summed E-state index contributed by atoms with van der Waals surface area (Å²) in [5.74, 6) is 0. The highest BCUT2D eigenvalue weighted by Gasteiger charge is 1.98. The molecule has 0 spiro atoms. The lowest BCUT2D eigenvalue weighted by Gasteiger charge is -2.16. The van der Waals surface area contributed by atoms with Crippen molar-refractivity contribution in [3.8, 4) is 0 Å². The van der Waals surface area contributed by atoms with Gasteiger partial charge in [-0.25, -0.2) is 0 Å². The molecular weight excluding hydrogens is 212 g/mol. The molecule has 1 rings (SSSR count). The van der Waals surface area contributed by atoms with E-state index in [1.807, 2.05) is 6.92 Å². The van der Waals surface area contributed by atoms with Crippen molar-refractivity contribution in [3.63, 3.8) is 0 Å². The number of ether oxygens (including phenoxy) is 1. The summed E-state index contributed by atoms with van der Waals surface area (Å²) in [7, 11) is 2.15. The molecule has 1 aromatic rings. The maximum atomic E-state index is 5.26. The maximum absolute atomic E-state index is 5.26. The van der Waals surface area contributed by atoms with Gasteiger partial charge < -0.3 is 15.0 Å². The molecule has 0 aliphatic carbocycles. The van der Waals surface area contributed by atoms with Crippen LogP contribution in [0.5, 0.6) is 0 Å². The lowest BCUT2D eigenvalue weighted by Crippen LogP contribution is -2.30. The molecule has 1 aromatic carbocycles. The van der Waals surface area contributed by atoms with Crippen molar-refractivity contribution in [3.05, 3.63) is 35.9 Å². The van der Waals surface area contributed by atoms with Crippen molar-refractivity contribution in [2.45, 2.75) is 13.5 Å². The largest absolute Gasteiger partial charge is 0.380 e. The van der Waals surface area contributed by atoms with Gasteiger partial charge in [0.1, 0.15) is 0 Å². The van der Waals surface area contributed by atoms with Gasteiger partial charge in [0.05, 0.1) is 6.61 Å². The minimum absolute atomic E-state index is 0.801. The lowest BCUT2D eigenvalue weighted by molar-refractivity contribution is 0.148. The van der Waals surface area contributed by atoms with Crippen molar-refractivity contribution < 1.29 is 4.74 Å². The average molecular weight is 236 g/mol. The molecule has 0 saturated heterocycles. The highest BCUT2D eigenvalue weighted by molar-refractivity contribution is 5.14. The van der Waals surface area contributed by atoms with Gasteiger partial charge in [-0.15, -0.1) is 0 Å². The number of nitrogens with zero attached hydrogens (tertiary/aromatic N) is 1. The molecule has 0 atom stereocenters. The maximum Gasteiger partial charge on any atom is 0.0590 e. The first-order valence-electron chi connectivity index (χ1n) is 6.34. The third-order valence-electron chi connectivity index (χ3n) is 2.59. The molecule has 1 N–H and O–H groups in total. The Hall–Kier alpha value is -0.900. The van der Waals surface area contributed by atoms with E-state index in [4.69, 9.17) is 4.74 Å². The van der Waals surface area contributed by atoms with Crippen LogP contribution in [0.3, 0.4) is 0 Å². The zero-order valence-corrected chi connectivity index (χ0v) is 11.0. The molecule has 0 aliphatic rings. The second-order valence-electron chi connectivity index (χ2n) is 4.17. The molecule has 0 heterocycles. The smallest absolute Gasteiger partial charge is 0.0590 e. The van der Waals surface area contributed by atoms with E-state index in [-0.39, 0.29) is 0 Å². The third kappa shape index (κ3) is 7.10. The van der Waals surface area contributed by atoms with Crippen molar-refractivity contribution in [1.29, 1.82) is 0 Å². The Balaban J connectivity index is 2.03. The predicted octanol–water partition coefficient (Wildman–Crippen LogP) is 1.74. The SMILES string of the molecule is CCOCCNCCN(C)Cc1ccccc1. The van der Waals surface area contributed by atoms with E-state index in [0.29, 0.717) is 0 Å². The molecule has 0 aromatic heterocycles. The number of nitrogens with one attached hydrogen (secondary N) is 1. The average Bonchev–Trinajstić information content (AvgIpc) is 2.35. The molecule has 0 saturated carbocycles. The summed E-state index contributed by atoms with van der Waals surface area (Å²) in [6.45, 7) is 7.64. The zero-order valence-electron chi connectivity index (χ0n) is 11.0. The highest BCUT2D eigenvalue weighted by Crippen LogP contribution is 2.01. The van der Waals surface area contributed by atoms with Crippen molar-refractivity contribution >= 4 is 0 Å². The molecular formula is C14H24N2O. The Bertz CT molecular complexity index is 277. The Labute approximate surface area is 105 Å². The summed E-state index contributed by atoms with van der Waals surface area (Å²) in [6, 6.07) is 10.6. The van der Waals surface area contributed by atoms with Gasteiger partial charge in [-0.2, -0.15) is 0 Å². The molecule has 0 bridgehead atoms. The first-order chi connectivity index (χ1) is 8.33. The number of benzene rings is 1. The molecule has 17 heavy (non-hydrogen) atoms. The van der Waals surface area contributed by atoms with Crippen LogP contribution < -0.4 is 5.32 Å². The van der Waals surface area contributed by atoms with Gasteiger partial charge in [-0.1, -0.05) is 30.3 Å². The van der Waals surface area contributed by atoms with Gasteiger partial charge in [0, 0.05) is 32.8 Å². The van der Waals surface area contributed by atoms with Crippen LogP contribution in [0.4, 0.5) is 0 Å². The van der Waals surface area contributed by atoms with Crippen LogP contribution in [0.15, 0.2) is 30.3 Å². The molecule has 3 nitrogen and oxygen atoms in total. The summed E-state index contributed by atoms with van der Waals surface area (Å²) >= 11 is 0. The standard InChI is InChI=1S/C14H24N2O/c1-3-17-12-10-15-9-11-16(2)13-14-7-5-4-6-8-14/h4-8,15H,3,9-13H2,1-2H3. The van der Waals surface area contributed by atoms with E-state index in [9.17, 15) is 0 Å². The number of hydrogen-bond donors (Lipinski definition) is 1. The molecule has 0 aliphatic heterocycles. The minimum Gasteiger partial charge on any atom is -0.380 e. The van der Waals surface area contributed by atoms with Crippen LogP contribution in [-0.2, 0) is 11.3 Å². The molecule has 3 heteroatoms. The number of likely N-dealkylation sites (N-methyl/N-ethyl adjacent to an activating group) is 1. The topological polar surface area (TPSA) is 24.5 Å². The fourth-order valence-corrected chi connectivity index (χ4v) is 1.66. The van der Waals surface area contributed by atoms with Crippen LogP contribution in [-0.4, -0.2) is 44.8 Å². The van der Waals surface area contributed by atoms with E-state index < -0.39 is 0 Å². The van der Waals surface area contributed by atoms with Gasteiger partial charge in [-0.05, 0) is 19.5 Å². The first-order valence-corrected chi connectivity index (χ1v) is 6.34. The molecule has 0 fully saturated rings. The molecule has 96 valence electrons. The van der Waals surface area contributed by atoms with E-state index >= 15 is 0 Å². The van der Waals surface area contributed by atoms with E-state index in [2.05, 4.69) is 47.6 Å². The first kappa shape index (κ1) is 14.2. The Morgan fingerprint density at radius 2 is 1.94 bits per heavy atom. The van der Waals surface area contributed by atoms with E-state index in [1.165, 1.54) is 5.56 Å². The monoisotopic (exact) mass is 236 g/mol. The normalized spacial score (nSPS) is 11.0. The van der Waals surface area contributed by atoms with Gasteiger partial charge in [0.15, 0.2) is 0 Å². The summed E-state index contributed by atoms with van der Waals surface area (Å²) in [5.41, 5.74) is 1.37. The van der Waals surface area contributed by atoms with Crippen LogP contribution >= 0.6 is 0 Å². The zero-order chi connectivity index (χ0) is 12.3. The second-order valence-corrected chi connectivity index (χ2v) is 4.17. The van der Waals surface area contributed by atoms with Crippen LogP contribution in [0.1, 0.15) is 12.5 Å². The van der Waals surface area contributed by atoms with Crippen LogP contribution in [0.2, 0.25) is 0 Å². The van der Waals surface area contributed by atoms with Gasteiger partial charge >= 0.3 is 0 Å². The summed E-state index contributed by atoms with van der Waals surface area (Å²) in [5, 5.41) is 3.37. The summed E-state index contributed by atoms with van der Waals surface area (Å²) in [6.07, 6.45) is 0. The summed E-state index contributed by atoms with van der Waals surface area (Å²) < 4.78 is 5.26. The van der Waals surface area contributed by atoms with E-state index in [0.717, 1.165) is 39.4 Å². The highest BCUT2D eigenvalue weighted by atomic mass is 16.5. The van der Waals surface area contributed by atoms with Crippen molar-refractivity contribution in [1.82, 2.24) is 10.2 Å². The minimum atomic E-state index is 0.801. The van der Waals surface area contributed by atoms with Crippen LogP contribution in [0.25, 0.3) is 0 Å². The number of rotatable bonds is 9. The van der Waals surface area contributed by atoms with Crippen LogP contribution in [0, 0.1) is 0 Å². The quantitative estimate of drug-likeness (QED) is 0.661. The lowest BCUT2D eigenvalue weighted by atomic mass is 10.2. The van der Waals surface area contributed by atoms with Crippen molar-refractivity contribution in [2.24, 2.45) is 0 Å². The molecule has 0 unspecified atom stereocenters. The third-order valence-corrected chi connectivity index (χ3v) is 2.59. The molecule has 0 radical (unpaired) electrons. The fraction of sp³-hybridized carbons (Fsp3) is 0.571. The number of hydrogen-bond acceptors (Lipinski definition) is 3. The Morgan fingerprint density at radius 3 is 2.65 bits per heavy atom. The fourth-order valence-electron chi connectivity index (χ4n) is 1.66. The van der Waals surface area contributed by atoms with Crippen molar-refractivity contribution in [2.75, 3.05) is 39.9 Å². The second kappa shape index (κ2) is 9.16. The van der Waals surface area contributed by atoms with Gasteiger partial charge in [0.25, 0.3) is 0 Å². The Morgan fingerprint density at radius 1 is 1.18 bits per heavy atom. The van der Waals surface area contributed by atoms with E-state index in [1.54, 1.807) is 0 Å². The van der Waals surface area contributed by atoms with Gasteiger partial charge in [-0.3, -0.25) is 0 Å².